The highest BCUT2D eigenvalue weighted by Crippen LogP contribution is 2.34. The molecule has 1 heterocycles. The molecule has 1 unspecified atom stereocenters. The predicted octanol–water partition coefficient (Wildman–Crippen LogP) is 2.88. The summed E-state index contributed by atoms with van der Waals surface area (Å²) in [7, 11) is 0. The minimum atomic E-state index is -4.37. The zero-order valence-corrected chi connectivity index (χ0v) is 9.97. The fourth-order valence-electron chi connectivity index (χ4n) is 1.94. The van der Waals surface area contributed by atoms with Crippen LogP contribution >= 0.6 is 0 Å². The molecule has 1 aliphatic heterocycles. The lowest BCUT2D eigenvalue weighted by Gasteiger charge is -2.26. The van der Waals surface area contributed by atoms with Gasteiger partial charge in [0, 0.05) is 6.61 Å². The number of nitrogen functional groups attached to an aromatic ring is 1. The number of halogens is 3. The SMILES string of the molecule is CC1(Nc2ccc(C(F)(F)F)cc2N)CCOC1. The Morgan fingerprint density at radius 2 is 2.11 bits per heavy atom. The first-order chi connectivity index (χ1) is 8.30. The molecule has 1 fully saturated rings. The standard InChI is InChI=1S/C12H15F3N2O/c1-11(4-5-18-7-11)17-10-3-2-8(6-9(10)16)12(13,14)15/h2-3,6,17H,4-5,7,16H2,1H3. The molecule has 3 N–H and O–H groups in total. The van der Waals surface area contributed by atoms with Crippen molar-refractivity contribution in [2.24, 2.45) is 0 Å². The van der Waals surface area contributed by atoms with Crippen LogP contribution in [0.15, 0.2) is 18.2 Å². The van der Waals surface area contributed by atoms with Crippen LogP contribution in [-0.2, 0) is 10.9 Å². The van der Waals surface area contributed by atoms with E-state index in [0.29, 0.717) is 18.9 Å². The van der Waals surface area contributed by atoms with Crippen molar-refractivity contribution in [1.29, 1.82) is 0 Å². The summed E-state index contributed by atoms with van der Waals surface area (Å²) in [6, 6.07) is 3.33. The third-order valence-electron chi connectivity index (χ3n) is 3.03. The Hall–Kier alpha value is -1.43. The number of rotatable bonds is 2. The Morgan fingerprint density at radius 3 is 2.61 bits per heavy atom. The third-order valence-corrected chi connectivity index (χ3v) is 3.03. The van der Waals surface area contributed by atoms with Gasteiger partial charge in [0.1, 0.15) is 0 Å². The Kier molecular flexibility index (Phi) is 3.14. The number of benzene rings is 1. The number of alkyl halides is 3. The van der Waals surface area contributed by atoms with Crippen LogP contribution in [0, 0.1) is 0 Å². The summed E-state index contributed by atoms with van der Waals surface area (Å²) < 4.78 is 42.7. The van der Waals surface area contributed by atoms with E-state index in [1.54, 1.807) is 0 Å². The topological polar surface area (TPSA) is 47.3 Å². The van der Waals surface area contributed by atoms with Crippen LogP contribution in [0.3, 0.4) is 0 Å². The van der Waals surface area contributed by atoms with Gasteiger partial charge in [-0.15, -0.1) is 0 Å². The molecule has 1 aromatic rings. The lowest BCUT2D eigenvalue weighted by atomic mass is 10.0. The van der Waals surface area contributed by atoms with Crippen LogP contribution in [0.2, 0.25) is 0 Å². The van der Waals surface area contributed by atoms with E-state index in [1.807, 2.05) is 6.92 Å². The fourth-order valence-corrected chi connectivity index (χ4v) is 1.94. The maximum Gasteiger partial charge on any atom is 0.416 e. The third kappa shape index (κ3) is 2.69. The summed E-state index contributed by atoms with van der Waals surface area (Å²) in [5.41, 5.74) is 5.25. The van der Waals surface area contributed by atoms with Gasteiger partial charge in [0.2, 0.25) is 0 Å². The molecule has 0 aromatic heterocycles. The van der Waals surface area contributed by atoms with Gasteiger partial charge in [-0.25, -0.2) is 0 Å². The van der Waals surface area contributed by atoms with Crippen molar-refractivity contribution in [2.45, 2.75) is 25.1 Å². The predicted molar refractivity (Wildman–Crippen MR) is 63.3 cm³/mol. The minimum absolute atomic E-state index is 0.0953. The molecule has 1 atom stereocenters. The van der Waals surface area contributed by atoms with Crippen molar-refractivity contribution in [2.75, 3.05) is 24.3 Å². The van der Waals surface area contributed by atoms with E-state index >= 15 is 0 Å². The molecule has 0 bridgehead atoms. The van der Waals surface area contributed by atoms with Crippen LogP contribution in [0.4, 0.5) is 24.5 Å². The van der Waals surface area contributed by atoms with Gasteiger partial charge in [-0.2, -0.15) is 13.2 Å². The lowest BCUT2D eigenvalue weighted by molar-refractivity contribution is -0.137. The van der Waals surface area contributed by atoms with E-state index in [9.17, 15) is 13.2 Å². The summed E-state index contributed by atoms with van der Waals surface area (Å²) in [5, 5.41) is 3.15. The molecule has 0 radical (unpaired) electrons. The molecule has 1 aromatic carbocycles. The second-order valence-corrected chi connectivity index (χ2v) is 4.79. The second kappa shape index (κ2) is 4.35. The average Bonchev–Trinajstić information content (AvgIpc) is 2.67. The van der Waals surface area contributed by atoms with Crippen molar-refractivity contribution < 1.29 is 17.9 Å². The summed E-state index contributed by atoms with van der Waals surface area (Å²) in [5.74, 6) is 0. The van der Waals surface area contributed by atoms with Gasteiger partial charge in [-0.1, -0.05) is 0 Å². The molecule has 1 saturated heterocycles. The number of hydrogen-bond acceptors (Lipinski definition) is 3. The largest absolute Gasteiger partial charge is 0.416 e. The van der Waals surface area contributed by atoms with Gasteiger partial charge in [0.05, 0.1) is 29.1 Å². The van der Waals surface area contributed by atoms with Gasteiger partial charge in [-0.3, -0.25) is 0 Å². The van der Waals surface area contributed by atoms with E-state index in [4.69, 9.17) is 10.5 Å². The zero-order valence-electron chi connectivity index (χ0n) is 9.97. The Labute approximate surface area is 103 Å². The average molecular weight is 260 g/mol. The Morgan fingerprint density at radius 1 is 1.39 bits per heavy atom. The van der Waals surface area contributed by atoms with Gasteiger partial charge in [0.25, 0.3) is 0 Å². The van der Waals surface area contributed by atoms with Crippen LogP contribution in [0.25, 0.3) is 0 Å². The quantitative estimate of drug-likeness (QED) is 0.804. The smallest absolute Gasteiger partial charge is 0.397 e. The van der Waals surface area contributed by atoms with E-state index in [0.717, 1.165) is 18.6 Å². The molecule has 0 spiro atoms. The van der Waals surface area contributed by atoms with E-state index in [2.05, 4.69) is 5.32 Å². The van der Waals surface area contributed by atoms with Crippen molar-refractivity contribution >= 4 is 11.4 Å². The molecule has 3 nitrogen and oxygen atoms in total. The maximum absolute atomic E-state index is 12.5. The highest BCUT2D eigenvalue weighted by atomic mass is 19.4. The number of nitrogens with one attached hydrogen (secondary N) is 1. The number of nitrogens with two attached hydrogens (primary N) is 1. The first kappa shape index (κ1) is 13.0. The molecule has 0 saturated carbocycles. The van der Waals surface area contributed by atoms with E-state index in [1.165, 1.54) is 6.07 Å². The molecule has 6 heteroatoms. The summed E-state index contributed by atoms with van der Waals surface area (Å²) in [6.45, 7) is 3.12. The van der Waals surface area contributed by atoms with Crippen molar-refractivity contribution in [3.05, 3.63) is 23.8 Å². The number of anilines is 2. The van der Waals surface area contributed by atoms with Gasteiger partial charge in [-0.05, 0) is 31.5 Å². The monoisotopic (exact) mass is 260 g/mol. The van der Waals surface area contributed by atoms with Crippen molar-refractivity contribution in [3.63, 3.8) is 0 Å². The summed E-state index contributed by atoms with van der Waals surface area (Å²) >= 11 is 0. The molecular weight excluding hydrogens is 245 g/mol. The molecule has 100 valence electrons. The molecule has 0 aliphatic carbocycles. The number of hydrogen-bond donors (Lipinski definition) is 2. The highest BCUT2D eigenvalue weighted by molar-refractivity contribution is 5.68. The second-order valence-electron chi connectivity index (χ2n) is 4.79. The first-order valence-electron chi connectivity index (χ1n) is 5.63. The van der Waals surface area contributed by atoms with Crippen LogP contribution in [0.5, 0.6) is 0 Å². The maximum atomic E-state index is 12.5. The number of ether oxygens (including phenoxy) is 1. The molecular formula is C12H15F3N2O. The summed E-state index contributed by atoms with van der Waals surface area (Å²) in [6.07, 6.45) is -3.57. The van der Waals surface area contributed by atoms with Gasteiger partial charge < -0.3 is 15.8 Å². The van der Waals surface area contributed by atoms with Crippen molar-refractivity contribution in [1.82, 2.24) is 0 Å². The lowest BCUT2D eigenvalue weighted by Crippen LogP contribution is -2.35. The molecule has 0 amide bonds. The zero-order chi connectivity index (χ0) is 13.4. The van der Waals surface area contributed by atoms with Crippen LogP contribution in [-0.4, -0.2) is 18.8 Å². The van der Waals surface area contributed by atoms with Gasteiger partial charge >= 0.3 is 6.18 Å². The first-order valence-corrected chi connectivity index (χ1v) is 5.63. The van der Waals surface area contributed by atoms with Gasteiger partial charge in [0.15, 0.2) is 0 Å². The van der Waals surface area contributed by atoms with Crippen molar-refractivity contribution in [3.8, 4) is 0 Å². The molecule has 1 aliphatic rings. The van der Waals surface area contributed by atoms with Crippen LogP contribution < -0.4 is 11.1 Å². The van der Waals surface area contributed by atoms with Crippen LogP contribution in [0.1, 0.15) is 18.9 Å². The summed E-state index contributed by atoms with van der Waals surface area (Å²) in [4.78, 5) is 0. The Balaban J connectivity index is 2.20. The normalized spacial score (nSPS) is 24.2. The fraction of sp³-hybridized carbons (Fsp3) is 0.500. The Bertz CT molecular complexity index is 439. The van der Waals surface area contributed by atoms with E-state index < -0.39 is 11.7 Å². The minimum Gasteiger partial charge on any atom is -0.397 e. The molecule has 2 rings (SSSR count). The highest BCUT2D eigenvalue weighted by Gasteiger charge is 2.32. The molecule has 18 heavy (non-hydrogen) atoms. The van der Waals surface area contributed by atoms with E-state index in [-0.39, 0.29) is 11.2 Å².